The second-order valence-electron chi connectivity index (χ2n) is 5.75. The smallest absolute Gasteiger partial charge is 0.131 e. The van der Waals surface area contributed by atoms with Crippen LogP contribution in [0.15, 0.2) is 18.2 Å². The maximum absolute atomic E-state index is 13.6. The van der Waals surface area contributed by atoms with Crippen LogP contribution in [0.4, 0.5) is 8.78 Å². The van der Waals surface area contributed by atoms with Crippen molar-refractivity contribution in [3.8, 4) is 0 Å². The monoisotopic (exact) mass is 282 g/mol. The normalized spacial score (nSPS) is 22.9. The van der Waals surface area contributed by atoms with E-state index in [4.69, 9.17) is 0 Å². The zero-order valence-corrected chi connectivity index (χ0v) is 11.4. The van der Waals surface area contributed by atoms with Crippen LogP contribution in [0.3, 0.4) is 0 Å². The minimum absolute atomic E-state index is 0.177. The Hall–Kier alpha value is -1.04. The summed E-state index contributed by atoms with van der Waals surface area (Å²) in [7, 11) is 0. The number of β-amino-alcohol motifs (C(OH)–C–C–N with tert-alkyl or cyclic N) is 1. The average Bonchev–Trinajstić information content (AvgIpc) is 3.23. The first-order valence-electron chi connectivity index (χ1n) is 7.23. The predicted octanol–water partition coefficient (Wildman–Crippen LogP) is 1.78. The van der Waals surface area contributed by atoms with Crippen LogP contribution in [0, 0.1) is 11.6 Å². The predicted molar refractivity (Wildman–Crippen MR) is 72.4 cm³/mol. The highest BCUT2D eigenvalue weighted by Crippen LogP contribution is 2.28. The number of nitrogens with zero attached hydrogens (tertiary/aromatic N) is 2. The van der Waals surface area contributed by atoms with Crippen molar-refractivity contribution >= 4 is 0 Å². The summed E-state index contributed by atoms with van der Waals surface area (Å²) in [4.78, 5) is 4.63. The first-order chi connectivity index (χ1) is 9.63. The van der Waals surface area contributed by atoms with E-state index in [2.05, 4.69) is 9.80 Å². The summed E-state index contributed by atoms with van der Waals surface area (Å²) >= 11 is 0. The van der Waals surface area contributed by atoms with Gasteiger partial charge in [0.2, 0.25) is 0 Å². The van der Waals surface area contributed by atoms with E-state index in [1.54, 1.807) is 0 Å². The lowest BCUT2D eigenvalue weighted by Gasteiger charge is -2.35. The van der Waals surface area contributed by atoms with Crippen LogP contribution in [-0.4, -0.2) is 53.7 Å². The molecule has 1 aliphatic carbocycles. The van der Waals surface area contributed by atoms with E-state index < -0.39 is 17.7 Å². The fourth-order valence-electron chi connectivity index (χ4n) is 2.87. The van der Waals surface area contributed by atoms with E-state index in [9.17, 15) is 13.9 Å². The van der Waals surface area contributed by atoms with Crippen molar-refractivity contribution in [2.45, 2.75) is 25.0 Å². The SMILES string of the molecule is OC(CN1CCN(C2CC2)CC1)c1ccc(F)cc1F. The summed E-state index contributed by atoms with van der Waals surface area (Å²) in [5, 5.41) is 10.1. The molecule has 1 aromatic carbocycles. The van der Waals surface area contributed by atoms with Crippen LogP contribution in [0.25, 0.3) is 0 Å². The standard InChI is InChI=1S/C15H20F2N2O/c16-11-1-4-13(14(17)9-11)15(20)10-18-5-7-19(8-6-18)12-2-3-12/h1,4,9,12,15,20H,2-3,5-8,10H2. The molecule has 1 aromatic rings. The van der Waals surface area contributed by atoms with Crippen LogP contribution in [0.1, 0.15) is 24.5 Å². The van der Waals surface area contributed by atoms with E-state index >= 15 is 0 Å². The van der Waals surface area contributed by atoms with Crippen molar-refractivity contribution < 1.29 is 13.9 Å². The van der Waals surface area contributed by atoms with Crippen molar-refractivity contribution in [1.82, 2.24) is 9.80 Å². The van der Waals surface area contributed by atoms with Crippen molar-refractivity contribution in [1.29, 1.82) is 0 Å². The van der Waals surface area contributed by atoms with Gasteiger partial charge in [0.05, 0.1) is 6.10 Å². The van der Waals surface area contributed by atoms with Gasteiger partial charge in [-0.25, -0.2) is 8.78 Å². The quantitative estimate of drug-likeness (QED) is 0.912. The third-order valence-electron chi connectivity index (χ3n) is 4.22. The highest BCUT2D eigenvalue weighted by Gasteiger charge is 2.31. The third kappa shape index (κ3) is 3.16. The van der Waals surface area contributed by atoms with Gasteiger partial charge in [0.15, 0.2) is 0 Å². The van der Waals surface area contributed by atoms with Gasteiger partial charge >= 0.3 is 0 Å². The van der Waals surface area contributed by atoms with E-state index in [0.717, 1.165) is 38.3 Å². The third-order valence-corrected chi connectivity index (χ3v) is 4.22. The van der Waals surface area contributed by atoms with Gasteiger partial charge in [0.1, 0.15) is 11.6 Å². The molecular weight excluding hydrogens is 262 g/mol. The van der Waals surface area contributed by atoms with E-state index in [1.807, 2.05) is 0 Å². The maximum Gasteiger partial charge on any atom is 0.131 e. The largest absolute Gasteiger partial charge is 0.387 e. The number of benzene rings is 1. The zero-order chi connectivity index (χ0) is 14.1. The minimum Gasteiger partial charge on any atom is -0.387 e. The van der Waals surface area contributed by atoms with Crippen LogP contribution in [0.2, 0.25) is 0 Å². The minimum atomic E-state index is -0.900. The molecule has 110 valence electrons. The summed E-state index contributed by atoms with van der Waals surface area (Å²) in [6.45, 7) is 4.24. The number of hydrogen-bond acceptors (Lipinski definition) is 3. The molecule has 5 heteroatoms. The number of hydrogen-bond donors (Lipinski definition) is 1. The average molecular weight is 282 g/mol. The van der Waals surface area contributed by atoms with Gasteiger partial charge in [-0.05, 0) is 18.9 Å². The Labute approximate surface area is 117 Å². The topological polar surface area (TPSA) is 26.7 Å². The van der Waals surface area contributed by atoms with Crippen molar-refractivity contribution in [3.05, 3.63) is 35.4 Å². The van der Waals surface area contributed by atoms with Gasteiger partial charge in [-0.1, -0.05) is 6.07 Å². The lowest BCUT2D eigenvalue weighted by Crippen LogP contribution is -2.48. The molecule has 3 rings (SSSR count). The Morgan fingerprint density at radius 2 is 1.85 bits per heavy atom. The second kappa shape index (κ2) is 5.76. The summed E-state index contributed by atoms with van der Waals surface area (Å²) in [5.41, 5.74) is 0.177. The highest BCUT2D eigenvalue weighted by atomic mass is 19.1. The Morgan fingerprint density at radius 3 is 2.45 bits per heavy atom. The van der Waals surface area contributed by atoms with Gasteiger partial charge in [0, 0.05) is 50.4 Å². The molecule has 20 heavy (non-hydrogen) atoms. The lowest BCUT2D eigenvalue weighted by atomic mass is 10.1. The lowest BCUT2D eigenvalue weighted by molar-refractivity contribution is 0.0683. The molecule has 3 nitrogen and oxygen atoms in total. The van der Waals surface area contributed by atoms with Crippen molar-refractivity contribution in [2.75, 3.05) is 32.7 Å². The molecule has 0 radical (unpaired) electrons. The van der Waals surface area contributed by atoms with Crippen LogP contribution in [-0.2, 0) is 0 Å². The summed E-state index contributed by atoms with van der Waals surface area (Å²) < 4.78 is 26.5. The van der Waals surface area contributed by atoms with Crippen molar-refractivity contribution in [3.63, 3.8) is 0 Å². The molecule has 0 aromatic heterocycles. The van der Waals surface area contributed by atoms with Crippen LogP contribution >= 0.6 is 0 Å². The number of piperazine rings is 1. The second-order valence-corrected chi connectivity index (χ2v) is 5.75. The van der Waals surface area contributed by atoms with Gasteiger partial charge in [0.25, 0.3) is 0 Å². The zero-order valence-electron chi connectivity index (χ0n) is 11.4. The molecule has 0 amide bonds. The first kappa shape index (κ1) is 13.9. The van der Waals surface area contributed by atoms with Gasteiger partial charge < -0.3 is 5.11 Å². The Kier molecular flexibility index (Phi) is 4.01. The number of rotatable bonds is 4. The van der Waals surface area contributed by atoms with Gasteiger partial charge in [-0.3, -0.25) is 9.80 Å². The number of aliphatic hydroxyl groups is 1. The molecule has 1 unspecified atom stereocenters. The van der Waals surface area contributed by atoms with E-state index in [-0.39, 0.29) is 5.56 Å². The van der Waals surface area contributed by atoms with E-state index in [1.165, 1.54) is 25.0 Å². The summed E-state index contributed by atoms with van der Waals surface area (Å²) in [6.07, 6.45) is 1.72. The molecule has 1 saturated carbocycles. The van der Waals surface area contributed by atoms with Crippen LogP contribution in [0.5, 0.6) is 0 Å². The van der Waals surface area contributed by atoms with E-state index in [0.29, 0.717) is 6.54 Å². The summed E-state index contributed by atoms with van der Waals surface area (Å²) in [6, 6.07) is 4.11. The Bertz CT molecular complexity index is 471. The molecule has 2 aliphatic rings. The molecule has 1 N–H and O–H groups in total. The highest BCUT2D eigenvalue weighted by molar-refractivity contribution is 5.21. The summed E-state index contributed by atoms with van der Waals surface area (Å²) in [5.74, 6) is -1.29. The van der Waals surface area contributed by atoms with Crippen molar-refractivity contribution in [2.24, 2.45) is 0 Å². The van der Waals surface area contributed by atoms with Crippen LogP contribution < -0.4 is 0 Å². The molecular formula is C15H20F2N2O. The Balaban J connectivity index is 1.54. The number of halogens is 2. The molecule has 1 heterocycles. The van der Waals surface area contributed by atoms with Gasteiger partial charge in [-0.15, -0.1) is 0 Å². The molecule has 2 fully saturated rings. The molecule has 0 spiro atoms. The molecule has 1 atom stereocenters. The fourth-order valence-corrected chi connectivity index (χ4v) is 2.87. The van der Waals surface area contributed by atoms with Gasteiger partial charge in [-0.2, -0.15) is 0 Å². The maximum atomic E-state index is 13.6. The Morgan fingerprint density at radius 1 is 1.15 bits per heavy atom. The molecule has 0 bridgehead atoms. The number of aliphatic hydroxyl groups excluding tert-OH is 1. The first-order valence-corrected chi connectivity index (χ1v) is 7.23. The molecule has 1 saturated heterocycles. The fraction of sp³-hybridized carbons (Fsp3) is 0.600. The molecule has 1 aliphatic heterocycles.